The van der Waals surface area contributed by atoms with Gasteiger partial charge in [-0.25, -0.2) is 9.69 Å². The van der Waals surface area contributed by atoms with Crippen molar-refractivity contribution in [3.05, 3.63) is 105 Å². The van der Waals surface area contributed by atoms with Crippen molar-refractivity contribution in [3.63, 3.8) is 0 Å². The molecule has 0 radical (unpaired) electrons. The van der Waals surface area contributed by atoms with Gasteiger partial charge < -0.3 is 9.47 Å². The molecule has 0 aliphatic carbocycles. The second kappa shape index (κ2) is 12.1. The zero-order valence-corrected chi connectivity index (χ0v) is 22.8. The second-order valence-electron chi connectivity index (χ2n) is 8.28. The van der Waals surface area contributed by atoms with E-state index >= 15 is 0 Å². The van der Waals surface area contributed by atoms with Crippen molar-refractivity contribution in [1.29, 1.82) is 0 Å². The summed E-state index contributed by atoms with van der Waals surface area (Å²) >= 11 is 9.37. The highest BCUT2D eigenvalue weighted by molar-refractivity contribution is 9.10. The lowest BCUT2D eigenvalue weighted by Crippen LogP contribution is -2.54. The van der Waals surface area contributed by atoms with Crippen LogP contribution in [0.1, 0.15) is 23.6 Å². The van der Waals surface area contributed by atoms with E-state index in [-0.39, 0.29) is 11.3 Å². The molecule has 1 aliphatic heterocycles. The van der Waals surface area contributed by atoms with Gasteiger partial charge in [0.15, 0.2) is 11.5 Å². The number of hydrogen-bond donors (Lipinski definition) is 1. The van der Waals surface area contributed by atoms with Crippen molar-refractivity contribution in [2.24, 2.45) is 0 Å². The third-order valence-electron chi connectivity index (χ3n) is 5.61. The van der Waals surface area contributed by atoms with E-state index in [1.54, 1.807) is 30.3 Å². The molecular formula is C29H24BrClN2O5. The van der Waals surface area contributed by atoms with Crippen LogP contribution < -0.4 is 19.7 Å². The molecule has 3 aromatic carbocycles. The van der Waals surface area contributed by atoms with Crippen LogP contribution in [0.15, 0.2) is 83.4 Å². The smallest absolute Gasteiger partial charge is 0.335 e. The largest absolute Gasteiger partial charge is 0.490 e. The van der Waals surface area contributed by atoms with Crippen LogP contribution in [-0.4, -0.2) is 24.5 Å². The van der Waals surface area contributed by atoms with Gasteiger partial charge in [-0.3, -0.25) is 14.9 Å². The zero-order valence-electron chi connectivity index (χ0n) is 20.5. The summed E-state index contributed by atoms with van der Waals surface area (Å²) in [6, 6.07) is 16.6. The molecule has 4 rings (SSSR count). The van der Waals surface area contributed by atoms with Crippen molar-refractivity contribution in [2.45, 2.75) is 20.0 Å². The van der Waals surface area contributed by atoms with Gasteiger partial charge in [-0.1, -0.05) is 45.7 Å². The van der Waals surface area contributed by atoms with Crippen molar-refractivity contribution >= 4 is 57.1 Å². The number of halogens is 2. The van der Waals surface area contributed by atoms with Crippen LogP contribution in [0.4, 0.5) is 10.5 Å². The van der Waals surface area contributed by atoms with Crippen LogP contribution in [0, 0.1) is 0 Å². The molecule has 1 saturated heterocycles. The van der Waals surface area contributed by atoms with Gasteiger partial charge >= 0.3 is 6.03 Å². The zero-order chi connectivity index (χ0) is 27.2. The highest BCUT2D eigenvalue weighted by atomic mass is 79.9. The minimum absolute atomic E-state index is 0.199. The third kappa shape index (κ3) is 6.15. The highest BCUT2D eigenvalue weighted by Gasteiger charge is 2.36. The number of anilines is 1. The summed E-state index contributed by atoms with van der Waals surface area (Å²) in [5, 5.41) is 2.68. The Labute approximate surface area is 233 Å². The fraction of sp³-hybridized carbons (Fsp3) is 0.138. The van der Waals surface area contributed by atoms with E-state index in [2.05, 4.69) is 27.8 Å². The number of barbiturate groups is 1. The number of nitrogens with zero attached hydrogens (tertiary/aromatic N) is 1. The van der Waals surface area contributed by atoms with E-state index in [1.165, 1.54) is 18.2 Å². The summed E-state index contributed by atoms with van der Waals surface area (Å²) in [6.07, 6.45) is 3.62. The maximum absolute atomic E-state index is 13.3. The van der Waals surface area contributed by atoms with Gasteiger partial charge in [0.05, 0.1) is 12.3 Å². The Morgan fingerprint density at radius 2 is 1.74 bits per heavy atom. The first-order valence-electron chi connectivity index (χ1n) is 11.8. The quantitative estimate of drug-likeness (QED) is 0.174. The Kier molecular flexibility index (Phi) is 8.66. The van der Waals surface area contributed by atoms with Crippen LogP contribution in [0.3, 0.4) is 0 Å². The van der Waals surface area contributed by atoms with E-state index in [4.69, 9.17) is 21.1 Å². The van der Waals surface area contributed by atoms with Gasteiger partial charge in [0.1, 0.15) is 12.2 Å². The number of carbonyl (C=O) groups excluding carboxylic acids is 3. The number of benzene rings is 3. The summed E-state index contributed by atoms with van der Waals surface area (Å²) in [5.41, 5.74) is 2.36. The molecular weight excluding hydrogens is 572 g/mol. The Bertz CT molecular complexity index is 1420. The predicted molar refractivity (Wildman–Crippen MR) is 150 cm³/mol. The number of hydrogen-bond acceptors (Lipinski definition) is 5. The number of urea groups is 1. The number of ether oxygens (including phenoxy) is 2. The van der Waals surface area contributed by atoms with Gasteiger partial charge in [0.25, 0.3) is 11.8 Å². The topological polar surface area (TPSA) is 84.9 Å². The first kappa shape index (κ1) is 27.2. The minimum atomic E-state index is -0.835. The number of rotatable bonds is 9. The Balaban J connectivity index is 1.71. The van der Waals surface area contributed by atoms with Gasteiger partial charge in [0, 0.05) is 15.1 Å². The fourth-order valence-electron chi connectivity index (χ4n) is 3.89. The number of allylic oxidation sites excluding steroid dienone is 1. The Hall–Kier alpha value is -3.88. The lowest BCUT2D eigenvalue weighted by atomic mass is 10.0. The lowest BCUT2D eigenvalue weighted by molar-refractivity contribution is -0.122. The van der Waals surface area contributed by atoms with Crippen LogP contribution in [0.25, 0.3) is 6.08 Å². The molecule has 3 aromatic rings. The molecule has 0 spiro atoms. The van der Waals surface area contributed by atoms with Crippen LogP contribution >= 0.6 is 27.5 Å². The standard InChI is InChI=1S/C29H24BrClN2O5/c1-3-5-20-14-19(16-25(37-4-2)26(20)38-17-18-6-8-21(30)9-7-18)15-24-27(34)32-29(36)33(28(24)35)23-12-10-22(31)11-13-23/h3,6-16H,1,4-5,17H2,2H3,(H,32,34,36)/b24-15+. The van der Waals surface area contributed by atoms with Crippen LogP contribution in [-0.2, 0) is 22.6 Å². The Morgan fingerprint density at radius 3 is 2.39 bits per heavy atom. The average Bonchev–Trinajstić information content (AvgIpc) is 2.88. The Morgan fingerprint density at radius 1 is 1.03 bits per heavy atom. The van der Waals surface area contributed by atoms with E-state index in [0.29, 0.717) is 41.7 Å². The van der Waals surface area contributed by atoms with Crippen molar-refractivity contribution in [1.82, 2.24) is 5.32 Å². The van der Waals surface area contributed by atoms with E-state index in [1.807, 2.05) is 31.2 Å². The maximum Gasteiger partial charge on any atom is 0.335 e. The molecule has 4 amide bonds. The minimum Gasteiger partial charge on any atom is -0.490 e. The third-order valence-corrected chi connectivity index (χ3v) is 6.39. The van der Waals surface area contributed by atoms with Gasteiger partial charge in [-0.15, -0.1) is 6.58 Å². The van der Waals surface area contributed by atoms with Crippen molar-refractivity contribution in [3.8, 4) is 11.5 Å². The molecule has 0 unspecified atom stereocenters. The molecule has 0 aromatic heterocycles. The summed E-state index contributed by atoms with van der Waals surface area (Å²) in [5.74, 6) is -0.525. The highest BCUT2D eigenvalue weighted by Crippen LogP contribution is 2.36. The number of amides is 4. The molecule has 7 nitrogen and oxygen atoms in total. The predicted octanol–water partition coefficient (Wildman–Crippen LogP) is 6.48. The first-order chi connectivity index (χ1) is 18.3. The number of nitrogens with one attached hydrogen (secondary N) is 1. The molecule has 0 bridgehead atoms. The van der Waals surface area contributed by atoms with Gasteiger partial charge in [0.2, 0.25) is 0 Å². The van der Waals surface area contributed by atoms with Crippen molar-refractivity contribution < 1.29 is 23.9 Å². The summed E-state index contributed by atoms with van der Waals surface area (Å²) < 4.78 is 13.0. The van der Waals surface area contributed by atoms with E-state index in [9.17, 15) is 14.4 Å². The molecule has 0 atom stereocenters. The molecule has 1 fully saturated rings. The first-order valence-corrected chi connectivity index (χ1v) is 12.9. The molecule has 0 saturated carbocycles. The lowest BCUT2D eigenvalue weighted by Gasteiger charge is -2.26. The summed E-state index contributed by atoms with van der Waals surface area (Å²) in [4.78, 5) is 39.3. The fourth-order valence-corrected chi connectivity index (χ4v) is 4.28. The number of imide groups is 2. The van der Waals surface area contributed by atoms with Crippen LogP contribution in [0.2, 0.25) is 5.02 Å². The SMILES string of the molecule is C=CCc1cc(/C=C2\C(=O)NC(=O)N(c3ccc(Cl)cc3)C2=O)cc(OCC)c1OCc1ccc(Br)cc1. The normalized spacial score (nSPS) is 14.4. The van der Waals surface area contributed by atoms with E-state index in [0.717, 1.165) is 20.5 Å². The summed E-state index contributed by atoms with van der Waals surface area (Å²) in [6.45, 7) is 6.38. The molecule has 1 N–H and O–H groups in total. The molecule has 194 valence electrons. The molecule has 38 heavy (non-hydrogen) atoms. The number of carbonyl (C=O) groups is 3. The van der Waals surface area contributed by atoms with Crippen molar-refractivity contribution in [2.75, 3.05) is 11.5 Å². The molecule has 1 aliphatic rings. The second-order valence-corrected chi connectivity index (χ2v) is 9.63. The summed E-state index contributed by atoms with van der Waals surface area (Å²) in [7, 11) is 0. The maximum atomic E-state index is 13.3. The molecule has 9 heteroatoms. The van der Waals surface area contributed by atoms with Crippen LogP contribution in [0.5, 0.6) is 11.5 Å². The average molecular weight is 596 g/mol. The van der Waals surface area contributed by atoms with E-state index < -0.39 is 17.8 Å². The molecule has 1 heterocycles. The van der Waals surface area contributed by atoms with Gasteiger partial charge in [-0.2, -0.15) is 0 Å². The monoisotopic (exact) mass is 594 g/mol. The van der Waals surface area contributed by atoms with Gasteiger partial charge in [-0.05, 0) is 79.1 Å².